The molecule has 0 bridgehead atoms. The number of carboxylic acid groups (broad SMARTS) is 1. The molecule has 1 aromatic carbocycles. The molecule has 1 saturated carbocycles. The van der Waals surface area contributed by atoms with Crippen LogP contribution in [0.1, 0.15) is 24.8 Å². The fraction of sp³-hybridized carbons (Fsp3) is 0.588. The largest absolute Gasteiger partial charge is 0.573 e. The summed E-state index contributed by atoms with van der Waals surface area (Å²) < 4.78 is 40.8. The fourth-order valence-electron chi connectivity index (χ4n) is 3.66. The van der Waals surface area contributed by atoms with Crippen LogP contribution in [-0.2, 0) is 11.3 Å². The van der Waals surface area contributed by atoms with Crippen LogP contribution in [0.4, 0.5) is 13.2 Å². The van der Waals surface area contributed by atoms with Gasteiger partial charge in [-0.05, 0) is 61.9 Å². The van der Waals surface area contributed by atoms with Gasteiger partial charge in [0.1, 0.15) is 5.75 Å². The molecule has 0 spiro atoms. The SMILES string of the molecule is O=C(O)[C@@H]1C[C@H]1C1CCN(Cc2cccc(OC(F)(F)F)c2)CC1. The summed E-state index contributed by atoms with van der Waals surface area (Å²) in [6.45, 7) is 2.27. The van der Waals surface area contributed by atoms with Gasteiger partial charge in [-0.1, -0.05) is 12.1 Å². The highest BCUT2D eigenvalue weighted by molar-refractivity contribution is 5.73. The van der Waals surface area contributed by atoms with Crippen molar-refractivity contribution in [1.82, 2.24) is 4.90 Å². The van der Waals surface area contributed by atoms with Gasteiger partial charge in [-0.3, -0.25) is 9.69 Å². The van der Waals surface area contributed by atoms with E-state index in [1.165, 1.54) is 12.1 Å². The van der Waals surface area contributed by atoms with Crippen LogP contribution < -0.4 is 4.74 Å². The van der Waals surface area contributed by atoms with Gasteiger partial charge in [0.2, 0.25) is 0 Å². The van der Waals surface area contributed by atoms with Crippen molar-refractivity contribution in [1.29, 1.82) is 0 Å². The Morgan fingerprint density at radius 1 is 1.29 bits per heavy atom. The summed E-state index contributed by atoms with van der Waals surface area (Å²) in [4.78, 5) is 13.1. The summed E-state index contributed by atoms with van der Waals surface area (Å²) >= 11 is 0. The smallest absolute Gasteiger partial charge is 0.481 e. The molecule has 0 aromatic heterocycles. The molecule has 1 N–H and O–H groups in total. The van der Waals surface area contributed by atoms with Crippen LogP contribution in [0.3, 0.4) is 0 Å². The number of halogens is 3. The number of piperidine rings is 1. The van der Waals surface area contributed by atoms with Gasteiger partial charge in [0, 0.05) is 6.54 Å². The zero-order valence-corrected chi connectivity index (χ0v) is 13.1. The maximum absolute atomic E-state index is 12.3. The van der Waals surface area contributed by atoms with E-state index in [2.05, 4.69) is 9.64 Å². The molecule has 1 aliphatic heterocycles. The minimum absolute atomic E-state index is 0.169. The van der Waals surface area contributed by atoms with Gasteiger partial charge in [-0.2, -0.15) is 0 Å². The molecule has 2 aliphatic rings. The molecule has 4 nitrogen and oxygen atoms in total. The van der Waals surface area contributed by atoms with Crippen LogP contribution in [0.25, 0.3) is 0 Å². The van der Waals surface area contributed by atoms with E-state index >= 15 is 0 Å². The summed E-state index contributed by atoms with van der Waals surface area (Å²) in [7, 11) is 0. The quantitative estimate of drug-likeness (QED) is 0.889. The van der Waals surface area contributed by atoms with Crippen LogP contribution in [0, 0.1) is 17.8 Å². The molecule has 1 heterocycles. The van der Waals surface area contributed by atoms with Gasteiger partial charge in [0.25, 0.3) is 0 Å². The number of alkyl halides is 3. The third kappa shape index (κ3) is 4.41. The Hall–Kier alpha value is -1.76. The van der Waals surface area contributed by atoms with Crippen LogP contribution >= 0.6 is 0 Å². The topological polar surface area (TPSA) is 49.8 Å². The highest BCUT2D eigenvalue weighted by atomic mass is 19.4. The van der Waals surface area contributed by atoms with Crippen molar-refractivity contribution in [2.45, 2.75) is 32.2 Å². The second kappa shape index (κ2) is 6.63. The number of likely N-dealkylation sites (tertiary alicyclic amines) is 1. The Kier molecular flexibility index (Phi) is 4.71. The normalized spacial score (nSPS) is 25.5. The Labute approximate surface area is 138 Å². The molecule has 1 saturated heterocycles. The van der Waals surface area contributed by atoms with E-state index in [1.54, 1.807) is 12.1 Å². The molecule has 0 radical (unpaired) electrons. The van der Waals surface area contributed by atoms with Crippen molar-refractivity contribution in [3.63, 3.8) is 0 Å². The highest BCUT2D eigenvalue weighted by Gasteiger charge is 2.48. The first-order valence-corrected chi connectivity index (χ1v) is 8.11. The minimum Gasteiger partial charge on any atom is -0.481 e. The summed E-state index contributed by atoms with van der Waals surface area (Å²) in [6.07, 6.45) is -1.99. The van der Waals surface area contributed by atoms with Crippen molar-refractivity contribution in [3.05, 3.63) is 29.8 Å². The zero-order chi connectivity index (χ0) is 17.3. The maximum atomic E-state index is 12.3. The molecule has 1 aromatic rings. The third-order valence-corrected chi connectivity index (χ3v) is 4.93. The van der Waals surface area contributed by atoms with Crippen LogP contribution in [0.5, 0.6) is 5.75 Å². The molecule has 24 heavy (non-hydrogen) atoms. The lowest BCUT2D eigenvalue weighted by molar-refractivity contribution is -0.274. The van der Waals surface area contributed by atoms with Gasteiger partial charge in [0.05, 0.1) is 5.92 Å². The lowest BCUT2D eigenvalue weighted by atomic mass is 9.90. The average molecular weight is 343 g/mol. The standard InChI is InChI=1S/C17H20F3NO3/c18-17(19,20)24-13-3-1-2-11(8-13)10-21-6-4-12(5-7-21)14-9-15(14)16(22)23/h1-3,8,12,14-15H,4-7,9-10H2,(H,22,23)/t14-,15+/m0/s1. The van der Waals surface area contributed by atoms with Gasteiger partial charge in [-0.25, -0.2) is 0 Å². The van der Waals surface area contributed by atoms with Crippen molar-refractivity contribution in [2.75, 3.05) is 13.1 Å². The van der Waals surface area contributed by atoms with Crippen LogP contribution in [0.15, 0.2) is 24.3 Å². The molecule has 7 heteroatoms. The number of hydrogen-bond acceptors (Lipinski definition) is 3. The van der Waals surface area contributed by atoms with Gasteiger partial charge < -0.3 is 9.84 Å². The molecule has 132 valence electrons. The monoisotopic (exact) mass is 343 g/mol. The second-order valence-electron chi connectivity index (χ2n) is 6.65. The first kappa shape index (κ1) is 17.1. The number of aliphatic carboxylic acids is 1. The lowest BCUT2D eigenvalue weighted by Crippen LogP contribution is -2.34. The number of carboxylic acids is 1. The predicted octanol–water partition coefficient (Wildman–Crippen LogP) is 3.52. The van der Waals surface area contributed by atoms with Crippen molar-refractivity contribution < 1.29 is 27.8 Å². The van der Waals surface area contributed by atoms with E-state index in [0.29, 0.717) is 18.4 Å². The Bertz CT molecular complexity index is 597. The van der Waals surface area contributed by atoms with Gasteiger partial charge in [-0.15, -0.1) is 13.2 Å². The van der Waals surface area contributed by atoms with Crippen molar-refractivity contribution in [2.24, 2.45) is 17.8 Å². The zero-order valence-electron chi connectivity index (χ0n) is 13.1. The molecule has 1 aliphatic carbocycles. The minimum atomic E-state index is -4.68. The summed E-state index contributed by atoms with van der Waals surface area (Å²) in [5.41, 5.74) is 0.782. The van der Waals surface area contributed by atoms with E-state index < -0.39 is 12.3 Å². The summed E-state index contributed by atoms with van der Waals surface area (Å²) in [5, 5.41) is 9.01. The number of hydrogen-bond donors (Lipinski definition) is 1. The van der Waals surface area contributed by atoms with Crippen LogP contribution in [0.2, 0.25) is 0 Å². The first-order chi connectivity index (χ1) is 11.3. The number of ether oxygens (including phenoxy) is 1. The van der Waals surface area contributed by atoms with E-state index in [0.717, 1.165) is 37.9 Å². The predicted molar refractivity (Wildman–Crippen MR) is 80.4 cm³/mol. The number of nitrogens with zero attached hydrogens (tertiary/aromatic N) is 1. The number of rotatable bonds is 5. The van der Waals surface area contributed by atoms with E-state index in [4.69, 9.17) is 5.11 Å². The van der Waals surface area contributed by atoms with Crippen molar-refractivity contribution in [3.8, 4) is 5.75 Å². The summed E-state index contributed by atoms with van der Waals surface area (Å²) in [6, 6.07) is 6.06. The lowest BCUT2D eigenvalue weighted by Gasteiger charge is -2.32. The summed E-state index contributed by atoms with van der Waals surface area (Å²) in [5.74, 6) is -0.283. The first-order valence-electron chi connectivity index (χ1n) is 8.11. The Morgan fingerprint density at radius 3 is 2.58 bits per heavy atom. The number of carbonyl (C=O) groups is 1. The van der Waals surface area contributed by atoms with Crippen molar-refractivity contribution >= 4 is 5.97 Å². The maximum Gasteiger partial charge on any atom is 0.573 e. The molecule has 0 unspecified atom stereocenters. The molecule has 3 rings (SSSR count). The fourth-order valence-corrected chi connectivity index (χ4v) is 3.66. The highest BCUT2D eigenvalue weighted by Crippen LogP contribution is 2.48. The molecule has 0 amide bonds. The van der Waals surface area contributed by atoms with Crippen LogP contribution in [-0.4, -0.2) is 35.4 Å². The molecular formula is C17H20F3NO3. The van der Waals surface area contributed by atoms with Gasteiger partial charge >= 0.3 is 12.3 Å². The average Bonchev–Trinajstić information content (AvgIpc) is 3.27. The number of benzene rings is 1. The van der Waals surface area contributed by atoms with E-state index in [-0.39, 0.29) is 11.7 Å². The molecular weight excluding hydrogens is 323 g/mol. The Balaban J connectivity index is 1.50. The third-order valence-electron chi connectivity index (χ3n) is 4.93. The molecule has 2 fully saturated rings. The van der Waals surface area contributed by atoms with E-state index in [9.17, 15) is 18.0 Å². The van der Waals surface area contributed by atoms with E-state index in [1.807, 2.05) is 0 Å². The van der Waals surface area contributed by atoms with Gasteiger partial charge in [0.15, 0.2) is 0 Å². The Morgan fingerprint density at radius 2 is 2.00 bits per heavy atom. The second-order valence-corrected chi connectivity index (χ2v) is 6.65. The molecule has 2 atom stereocenters.